The van der Waals surface area contributed by atoms with E-state index in [2.05, 4.69) is 15.3 Å². The molecular weight excluding hydrogens is 808 g/mol. The van der Waals surface area contributed by atoms with Crippen molar-refractivity contribution in [3.8, 4) is 5.75 Å². The number of nitrogens with one attached hydrogen (secondary N) is 1. The number of rotatable bonds is 17. The number of hydrogen-bond acceptors (Lipinski definition) is 11. The van der Waals surface area contributed by atoms with Crippen LogP contribution in [0.15, 0.2) is 76.7 Å². The second kappa shape index (κ2) is 23.6. The molecule has 17 heteroatoms. The van der Waals surface area contributed by atoms with Gasteiger partial charge in [0.15, 0.2) is 6.04 Å². The Morgan fingerprint density at radius 2 is 1.58 bits per heavy atom. The monoisotopic (exact) mass is 859 g/mol. The van der Waals surface area contributed by atoms with Crippen LogP contribution >= 0.6 is 7.82 Å². The van der Waals surface area contributed by atoms with E-state index in [9.17, 15) is 44.7 Å². The van der Waals surface area contributed by atoms with Gasteiger partial charge in [0.1, 0.15) is 24.5 Å². The molecule has 300 valence electrons. The molecule has 8 atom stereocenters. The van der Waals surface area contributed by atoms with Crippen LogP contribution in [0, 0.1) is 17.8 Å². The Labute approximate surface area is 419 Å². The van der Waals surface area contributed by atoms with Gasteiger partial charge in [-0.3, -0.25) is 19.3 Å². The summed E-state index contributed by atoms with van der Waals surface area (Å²) in [6.07, 6.45) is -0.965. The van der Waals surface area contributed by atoms with Crippen LogP contribution in [0.5, 0.6) is 5.75 Å². The minimum absolute atomic E-state index is 0. The fraction of sp³-hybridized carbons (Fsp3) is 0.525. The molecule has 0 bridgehead atoms. The van der Waals surface area contributed by atoms with Gasteiger partial charge in [-0.15, -0.1) is 0 Å². The molecule has 1 saturated carbocycles. The number of benzene rings is 3. The van der Waals surface area contributed by atoms with E-state index in [1.54, 1.807) is 38.1 Å². The van der Waals surface area contributed by atoms with Crippen LogP contribution in [0.2, 0.25) is 0 Å². The molecule has 57 heavy (non-hydrogen) atoms. The zero-order valence-electron chi connectivity index (χ0n) is 33.3. The third kappa shape index (κ3) is 14.2. The van der Waals surface area contributed by atoms with Gasteiger partial charge in [-0.05, 0) is 59.6 Å². The maximum Gasteiger partial charge on any atom is 1.00 e. The van der Waals surface area contributed by atoms with Crippen LogP contribution in [-0.2, 0) is 20.3 Å². The summed E-state index contributed by atoms with van der Waals surface area (Å²) in [7, 11) is -5.16. The van der Waals surface area contributed by atoms with Gasteiger partial charge in [0.05, 0.1) is 24.4 Å². The first-order valence-corrected chi connectivity index (χ1v) is 20.4. The van der Waals surface area contributed by atoms with Crippen molar-refractivity contribution in [2.45, 2.75) is 108 Å². The zero-order chi connectivity index (χ0) is 39.9. The molecule has 6 N–H and O–H groups in total. The second-order valence-corrected chi connectivity index (χ2v) is 16.2. The van der Waals surface area contributed by atoms with Gasteiger partial charge in [0.25, 0.3) is 0 Å². The van der Waals surface area contributed by atoms with E-state index in [1.165, 1.54) is 6.92 Å². The predicted octanol–water partition coefficient (Wildman–Crippen LogP) is -3.28. The van der Waals surface area contributed by atoms with Gasteiger partial charge >= 0.3 is 111 Å². The zero-order valence-corrected chi connectivity index (χ0v) is 40.4. The molecule has 1 fully saturated rings. The Hall–Kier alpha value is -0.607. The number of ether oxygens (including phenoxy) is 1. The SMILES string of the molecule is CC(C)[C@@H](C([O-])=N[C@H]1c2ccccc2C[C@H]1O)[C@@H](O)[C@H](O)[C@H](CC1CCCCC1)NC(=O)[C@@H](N=C([O-])COc1cccc2ccccc12)[C@@H](C)OP(=O)(O)O.[K+].[K+]. The van der Waals surface area contributed by atoms with Crippen molar-refractivity contribution in [3.63, 3.8) is 0 Å². The van der Waals surface area contributed by atoms with Crippen molar-refractivity contribution in [2.75, 3.05) is 6.61 Å². The summed E-state index contributed by atoms with van der Waals surface area (Å²) in [4.78, 5) is 41.5. The predicted molar refractivity (Wildman–Crippen MR) is 203 cm³/mol. The third-order valence-corrected chi connectivity index (χ3v) is 11.2. The van der Waals surface area contributed by atoms with E-state index in [1.807, 2.05) is 42.5 Å². The molecule has 0 aromatic heterocycles. The average Bonchev–Trinajstić information content (AvgIpc) is 3.45. The van der Waals surface area contributed by atoms with Crippen molar-refractivity contribution >= 4 is 36.3 Å². The maximum absolute atomic E-state index is 14.0. The number of carbonyl (C=O) groups excluding carboxylic acids is 1. The van der Waals surface area contributed by atoms with Crippen LogP contribution in [0.1, 0.15) is 76.5 Å². The van der Waals surface area contributed by atoms with Crippen molar-refractivity contribution in [1.29, 1.82) is 0 Å². The van der Waals surface area contributed by atoms with Gasteiger partial charge in [0.2, 0.25) is 5.91 Å². The fourth-order valence-corrected chi connectivity index (χ4v) is 8.39. The Kier molecular flexibility index (Phi) is 21.0. The molecular formula is C40H52K2N3O11P. The van der Waals surface area contributed by atoms with Gasteiger partial charge in [0, 0.05) is 17.7 Å². The Morgan fingerprint density at radius 3 is 2.26 bits per heavy atom. The van der Waals surface area contributed by atoms with E-state index in [0.717, 1.165) is 48.4 Å². The van der Waals surface area contributed by atoms with Crippen LogP contribution in [-0.4, -0.2) is 85.9 Å². The van der Waals surface area contributed by atoms with Gasteiger partial charge in [-0.1, -0.05) is 107 Å². The summed E-state index contributed by atoms with van der Waals surface area (Å²) in [6.45, 7) is 3.97. The minimum atomic E-state index is -5.16. The summed E-state index contributed by atoms with van der Waals surface area (Å²) >= 11 is 0. The number of aliphatic hydroxyl groups is 3. The average molecular weight is 860 g/mol. The molecule has 0 heterocycles. The summed E-state index contributed by atoms with van der Waals surface area (Å²) in [5.74, 6) is -3.92. The first-order valence-electron chi connectivity index (χ1n) is 18.9. The van der Waals surface area contributed by atoms with E-state index in [0.29, 0.717) is 17.7 Å². The normalized spacial score (nSPS) is 21.0. The number of phosphoric ester groups is 1. The number of phosphoric acid groups is 1. The van der Waals surface area contributed by atoms with Crippen LogP contribution in [0.3, 0.4) is 0 Å². The van der Waals surface area contributed by atoms with Crippen molar-refractivity contribution in [3.05, 3.63) is 77.9 Å². The molecule has 2 aliphatic rings. The summed E-state index contributed by atoms with van der Waals surface area (Å²) in [5.41, 5.74) is 1.57. The minimum Gasteiger partial charge on any atom is -0.862 e. The number of fused-ring (bicyclic) bond motifs is 2. The van der Waals surface area contributed by atoms with Crippen molar-refractivity contribution < 1.29 is 157 Å². The number of hydrogen-bond donors (Lipinski definition) is 6. The van der Waals surface area contributed by atoms with Gasteiger partial charge in [-0.2, -0.15) is 0 Å². The standard InChI is InChI=1S/C40H54N3O11P.2K/c1-23(2)34(39(48)43-36-29-18-10-8-15-27(29)21-31(36)44)38(47)37(46)30(20-25-12-5-4-6-13-25)41-40(49)35(24(3)54-55(50,51)52)42-33(45)22-53-32-19-11-16-26-14-7-9-17-28(26)32;;/h7-11,14-19,23-25,30-31,34-38,44,46-47H,4-6,12-13,20-22H2,1-3H3,(H,41,49)(H,42,45)(H,43,48)(H2,50,51,52);;/q;2*+1/p-2/t24-,30+,31-,34-,35+,36+,37-,38-;;/m1../s1. The molecule has 0 saturated heterocycles. The van der Waals surface area contributed by atoms with Crippen LogP contribution in [0.25, 0.3) is 10.8 Å². The molecule has 0 spiro atoms. The molecule has 0 aliphatic heterocycles. The molecule has 5 rings (SSSR count). The molecule has 14 nitrogen and oxygen atoms in total. The van der Waals surface area contributed by atoms with E-state index >= 15 is 0 Å². The summed E-state index contributed by atoms with van der Waals surface area (Å²) in [5, 5.41) is 65.5. The molecule has 3 aromatic carbocycles. The second-order valence-electron chi connectivity index (χ2n) is 15.0. The van der Waals surface area contributed by atoms with E-state index < -0.39 is 86.5 Å². The smallest absolute Gasteiger partial charge is 0.862 e. The molecule has 0 unspecified atom stereocenters. The number of carbonyl (C=O) groups is 1. The largest absolute Gasteiger partial charge is 1.00 e. The Morgan fingerprint density at radius 1 is 0.930 bits per heavy atom. The van der Waals surface area contributed by atoms with Gasteiger partial charge in [-0.25, -0.2) is 4.57 Å². The summed E-state index contributed by atoms with van der Waals surface area (Å²) in [6, 6.07) is 16.1. The molecule has 2 aliphatic carbocycles. The van der Waals surface area contributed by atoms with Crippen molar-refractivity contribution in [2.24, 2.45) is 27.7 Å². The number of aliphatic hydroxyl groups excluding tert-OH is 3. The van der Waals surface area contributed by atoms with Crippen molar-refractivity contribution in [1.82, 2.24) is 5.32 Å². The first kappa shape index (κ1) is 50.7. The Balaban J connectivity index is 0.00000435. The fourth-order valence-electron chi connectivity index (χ4n) is 7.85. The maximum atomic E-state index is 14.0. The molecule has 0 radical (unpaired) electrons. The topological polar surface area (TPSA) is 237 Å². The first-order chi connectivity index (χ1) is 26.1. The van der Waals surface area contributed by atoms with Crippen LogP contribution < -0.4 is 123 Å². The quantitative estimate of drug-likeness (QED) is 0.0341. The molecule has 3 aromatic rings. The third-order valence-electron chi connectivity index (χ3n) is 10.6. The van der Waals surface area contributed by atoms with Crippen LogP contribution in [0.4, 0.5) is 0 Å². The number of nitrogens with zero attached hydrogens (tertiary/aromatic N) is 2. The van der Waals surface area contributed by atoms with E-state index in [-0.39, 0.29) is 115 Å². The van der Waals surface area contributed by atoms with Gasteiger partial charge < -0.3 is 45.4 Å². The summed E-state index contributed by atoms with van der Waals surface area (Å²) < 4.78 is 22.4. The Bertz CT molecular complexity index is 1870. The number of aliphatic imine (C=N–C) groups is 2. The van der Waals surface area contributed by atoms with E-state index in [4.69, 9.17) is 9.26 Å². The number of amides is 1. The molecule has 1 amide bonds.